The van der Waals surface area contributed by atoms with Crippen LogP contribution in [0.4, 0.5) is 0 Å². The van der Waals surface area contributed by atoms with Crippen molar-refractivity contribution in [2.75, 3.05) is 6.61 Å². The number of ether oxygens (including phenoxy) is 2. The van der Waals surface area contributed by atoms with E-state index >= 15 is 0 Å². The Kier molecular flexibility index (Phi) is 4.61. The number of esters is 2. The number of alkyl halides is 1. The fraction of sp³-hybridized carbons (Fsp3) is 0.667. The van der Waals surface area contributed by atoms with E-state index in [1.165, 1.54) is 6.92 Å². The van der Waals surface area contributed by atoms with E-state index in [1.807, 2.05) is 0 Å². The molecule has 0 N–H and O–H groups in total. The van der Waals surface area contributed by atoms with Crippen molar-refractivity contribution < 1.29 is 19.1 Å². The average molecular weight is 181 g/mol. The lowest BCUT2D eigenvalue weighted by Gasteiger charge is -2.04. The molecule has 64 valence electrons. The lowest BCUT2D eigenvalue weighted by atomic mass is 10.6. The molecule has 0 bridgehead atoms. The van der Waals surface area contributed by atoms with Crippen LogP contribution in [0.25, 0.3) is 0 Å². The summed E-state index contributed by atoms with van der Waals surface area (Å²) in [5.74, 6) is -2.07. The van der Waals surface area contributed by atoms with Gasteiger partial charge in [-0.2, -0.15) is 0 Å². The third-order valence-corrected chi connectivity index (χ3v) is 0.801. The topological polar surface area (TPSA) is 52.6 Å². The molecule has 11 heavy (non-hydrogen) atoms. The molecule has 0 spiro atoms. The second-order valence-corrected chi connectivity index (χ2v) is 2.28. The van der Waals surface area contributed by atoms with Gasteiger partial charge in [0, 0.05) is 0 Å². The third-order valence-electron chi connectivity index (χ3n) is 0.712. The average Bonchev–Trinajstić information content (AvgIpc) is 1.86. The maximum atomic E-state index is 10.6. The summed E-state index contributed by atoms with van der Waals surface area (Å²) < 4.78 is 8.65. The van der Waals surface area contributed by atoms with Crippen LogP contribution in [0.3, 0.4) is 0 Å². The van der Waals surface area contributed by atoms with Gasteiger partial charge in [-0.3, -0.25) is 0 Å². The van der Waals surface area contributed by atoms with Crippen LogP contribution in [-0.4, -0.2) is 24.1 Å². The first-order valence-corrected chi connectivity index (χ1v) is 3.53. The summed E-state index contributed by atoms with van der Waals surface area (Å²) >= 11 is 5.27. The molecular formula is C6H9ClO4. The van der Waals surface area contributed by atoms with Crippen LogP contribution >= 0.6 is 11.6 Å². The van der Waals surface area contributed by atoms with E-state index < -0.39 is 17.5 Å². The van der Waals surface area contributed by atoms with Crippen molar-refractivity contribution in [3.63, 3.8) is 0 Å². The van der Waals surface area contributed by atoms with E-state index in [0.717, 1.165) is 0 Å². The fourth-order valence-corrected chi connectivity index (χ4v) is 0.467. The van der Waals surface area contributed by atoms with Crippen molar-refractivity contribution in [2.24, 2.45) is 0 Å². The molecule has 0 rings (SSSR count). The Morgan fingerprint density at radius 2 is 2.00 bits per heavy atom. The minimum absolute atomic E-state index is 0.143. The van der Waals surface area contributed by atoms with Gasteiger partial charge in [0.2, 0.25) is 0 Å². The van der Waals surface area contributed by atoms with Gasteiger partial charge in [0.1, 0.15) is 0 Å². The van der Waals surface area contributed by atoms with Gasteiger partial charge in [-0.1, -0.05) is 11.6 Å². The van der Waals surface area contributed by atoms with Gasteiger partial charge in [-0.05, 0) is 13.8 Å². The lowest BCUT2D eigenvalue weighted by molar-refractivity contribution is -0.168. The molecule has 1 unspecified atom stereocenters. The predicted octanol–water partition coefficient (Wildman–Crippen LogP) is 0.677. The summed E-state index contributed by atoms with van der Waals surface area (Å²) in [6, 6.07) is 0. The fourth-order valence-electron chi connectivity index (χ4n) is 0.386. The molecule has 0 saturated carbocycles. The lowest BCUT2D eigenvalue weighted by Crippen LogP contribution is -2.22. The van der Waals surface area contributed by atoms with Crippen LogP contribution in [0.15, 0.2) is 0 Å². The highest BCUT2D eigenvalue weighted by atomic mass is 35.5. The SMILES string of the molecule is CCOC(=O)C(=O)OC(C)Cl. The van der Waals surface area contributed by atoms with Crippen LogP contribution in [0.2, 0.25) is 0 Å². The van der Waals surface area contributed by atoms with E-state index in [2.05, 4.69) is 9.47 Å². The molecule has 0 saturated heterocycles. The van der Waals surface area contributed by atoms with Crippen LogP contribution in [0, 0.1) is 0 Å². The summed E-state index contributed by atoms with van der Waals surface area (Å²) in [5.41, 5.74) is -0.813. The predicted molar refractivity (Wildman–Crippen MR) is 38.0 cm³/mol. The molecule has 0 aliphatic rings. The highest BCUT2D eigenvalue weighted by molar-refractivity contribution is 6.31. The standard InChI is InChI=1S/C6H9ClO4/c1-3-10-5(8)6(9)11-4(2)7/h4H,3H2,1-2H3. The van der Waals surface area contributed by atoms with Crippen molar-refractivity contribution in [1.82, 2.24) is 0 Å². The number of carbonyl (C=O) groups excluding carboxylic acids is 2. The molecule has 0 aromatic carbocycles. The summed E-state index contributed by atoms with van der Waals surface area (Å²) in [5, 5.41) is 0. The molecule has 4 nitrogen and oxygen atoms in total. The van der Waals surface area contributed by atoms with Gasteiger partial charge in [0.25, 0.3) is 0 Å². The monoisotopic (exact) mass is 180 g/mol. The Morgan fingerprint density at radius 3 is 2.36 bits per heavy atom. The van der Waals surface area contributed by atoms with Crippen molar-refractivity contribution in [3.05, 3.63) is 0 Å². The van der Waals surface area contributed by atoms with Gasteiger partial charge in [0.05, 0.1) is 6.61 Å². The summed E-state index contributed by atoms with van der Waals surface area (Å²) in [6.45, 7) is 3.17. The second-order valence-electron chi connectivity index (χ2n) is 1.67. The Morgan fingerprint density at radius 1 is 1.45 bits per heavy atom. The first-order valence-electron chi connectivity index (χ1n) is 3.09. The minimum atomic E-state index is -1.06. The summed E-state index contributed by atoms with van der Waals surface area (Å²) in [7, 11) is 0. The largest absolute Gasteiger partial charge is 0.458 e. The molecule has 0 radical (unpaired) electrons. The van der Waals surface area contributed by atoms with Crippen LogP contribution in [-0.2, 0) is 19.1 Å². The van der Waals surface area contributed by atoms with Gasteiger partial charge in [-0.25, -0.2) is 9.59 Å². The maximum absolute atomic E-state index is 10.6. The van der Waals surface area contributed by atoms with Gasteiger partial charge >= 0.3 is 11.9 Å². The van der Waals surface area contributed by atoms with E-state index in [1.54, 1.807) is 6.92 Å². The van der Waals surface area contributed by atoms with Crippen molar-refractivity contribution in [1.29, 1.82) is 0 Å². The molecular weight excluding hydrogens is 172 g/mol. The van der Waals surface area contributed by atoms with Gasteiger partial charge in [0.15, 0.2) is 5.56 Å². The molecule has 5 heteroatoms. The molecule has 0 fully saturated rings. The third kappa shape index (κ3) is 4.61. The van der Waals surface area contributed by atoms with E-state index in [0.29, 0.717) is 0 Å². The number of carbonyl (C=O) groups is 2. The van der Waals surface area contributed by atoms with Crippen molar-refractivity contribution in [3.8, 4) is 0 Å². The number of rotatable bonds is 2. The van der Waals surface area contributed by atoms with Crippen LogP contribution in [0.5, 0.6) is 0 Å². The molecule has 0 aliphatic heterocycles. The van der Waals surface area contributed by atoms with Crippen LogP contribution in [0.1, 0.15) is 13.8 Å². The van der Waals surface area contributed by atoms with Crippen molar-refractivity contribution >= 4 is 23.5 Å². The first-order chi connectivity index (χ1) is 5.07. The Bertz CT molecular complexity index is 155. The van der Waals surface area contributed by atoms with Gasteiger partial charge in [-0.15, -0.1) is 0 Å². The highest BCUT2D eigenvalue weighted by Crippen LogP contribution is 1.96. The van der Waals surface area contributed by atoms with E-state index in [-0.39, 0.29) is 6.61 Å². The maximum Gasteiger partial charge on any atom is 0.418 e. The summed E-state index contributed by atoms with van der Waals surface area (Å²) in [6.07, 6.45) is 0. The Hall–Kier alpha value is -0.770. The number of halogens is 1. The zero-order valence-electron chi connectivity index (χ0n) is 6.30. The normalized spacial score (nSPS) is 11.9. The smallest absolute Gasteiger partial charge is 0.418 e. The zero-order chi connectivity index (χ0) is 8.85. The minimum Gasteiger partial charge on any atom is -0.458 e. The highest BCUT2D eigenvalue weighted by Gasteiger charge is 2.17. The number of hydrogen-bond acceptors (Lipinski definition) is 4. The Balaban J connectivity index is 3.74. The molecule has 0 amide bonds. The molecule has 0 aromatic rings. The summed E-state index contributed by atoms with van der Waals surface area (Å²) in [4.78, 5) is 21.1. The second kappa shape index (κ2) is 4.96. The molecule has 0 aromatic heterocycles. The van der Waals surface area contributed by atoms with Crippen LogP contribution < -0.4 is 0 Å². The number of hydrogen-bond donors (Lipinski definition) is 0. The van der Waals surface area contributed by atoms with Gasteiger partial charge < -0.3 is 9.47 Å². The molecule has 0 aliphatic carbocycles. The van der Waals surface area contributed by atoms with E-state index in [9.17, 15) is 9.59 Å². The first kappa shape index (κ1) is 10.2. The van der Waals surface area contributed by atoms with E-state index in [4.69, 9.17) is 11.6 Å². The molecule has 1 atom stereocenters. The van der Waals surface area contributed by atoms with Crippen molar-refractivity contribution in [2.45, 2.75) is 19.4 Å². The Labute approximate surface area is 69.4 Å². The quantitative estimate of drug-likeness (QED) is 0.356. The zero-order valence-corrected chi connectivity index (χ0v) is 7.05. The molecule has 0 heterocycles.